The van der Waals surface area contributed by atoms with Gasteiger partial charge >= 0.3 is 6.03 Å². The molecule has 0 fully saturated rings. The maximum absolute atomic E-state index is 14.4. The van der Waals surface area contributed by atoms with Crippen LogP contribution in [0.5, 0.6) is 5.75 Å². The number of fused-ring (bicyclic) bond motifs is 5. The molecule has 1 N–H and O–H groups in total. The Labute approximate surface area is 214 Å². The number of carbonyl (C=O) groups excluding carboxylic acids is 1. The first-order chi connectivity index (χ1) is 17.6. The number of thiophene rings is 1. The molecule has 6 rings (SSSR count). The molecule has 184 valence electrons. The SMILES string of the molecule is CCOc1ccc(NC(=O)N2Cc3c(sc4c3CCCC4)-n3cccc3[C@@H]2c2cccc(F)c2)cc1. The Hall–Kier alpha value is -3.58. The maximum atomic E-state index is 14.4. The lowest BCUT2D eigenvalue weighted by Crippen LogP contribution is -2.38. The van der Waals surface area contributed by atoms with Crippen LogP contribution in [0.15, 0.2) is 66.9 Å². The normalized spacial score (nSPS) is 16.5. The van der Waals surface area contributed by atoms with Gasteiger partial charge in [0.15, 0.2) is 0 Å². The van der Waals surface area contributed by atoms with Crippen molar-refractivity contribution in [3.63, 3.8) is 0 Å². The topological polar surface area (TPSA) is 46.5 Å². The summed E-state index contributed by atoms with van der Waals surface area (Å²) in [5, 5.41) is 4.26. The van der Waals surface area contributed by atoms with Crippen LogP contribution >= 0.6 is 11.3 Å². The molecule has 2 aliphatic rings. The lowest BCUT2D eigenvalue weighted by atomic mass is 9.95. The number of benzene rings is 2. The van der Waals surface area contributed by atoms with E-state index >= 15 is 0 Å². The molecule has 0 radical (unpaired) electrons. The molecule has 2 amide bonds. The molecule has 0 unspecified atom stereocenters. The molecule has 1 aliphatic heterocycles. The van der Waals surface area contributed by atoms with Crippen molar-refractivity contribution in [2.45, 2.75) is 45.2 Å². The summed E-state index contributed by atoms with van der Waals surface area (Å²) in [6, 6.07) is 17.4. The van der Waals surface area contributed by atoms with E-state index in [1.54, 1.807) is 6.07 Å². The Morgan fingerprint density at radius 2 is 1.92 bits per heavy atom. The summed E-state index contributed by atoms with van der Waals surface area (Å²) in [4.78, 5) is 17.2. The summed E-state index contributed by atoms with van der Waals surface area (Å²) in [6.07, 6.45) is 6.57. The first-order valence-electron chi connectivity index (χ1n) is 12.5. The number of aryl methyl sites for hydroxylation is 1. The highest BCUT2D eigenvalue weighted by molar-refractivity contribution is 7.15. The molecule has 2 aromatic heterocycles. The van der Waals surface area contributed by atoms with Gasteiger partial charge in [0.1, 0.15) is 16.6 Å². The molecular weight excluding hydrogens is 473 g/mol. The second kappa shape index (κ2) is 9.47. The highest BCUT2D eigenvalue weighted by Gasteiger charge is 2.36. The fraction of sp³-hybridized carbons (Fsp3) is 0.276. The third kappa shape index (κ3) is 4.07. The molecule has 0 saturated carbocycles. The number of anilines is 1. The van der Waals surface area contributed by atoms with E-state index < -0.39 is 6.04 Å². The summed E-state index contributed by atoms with van der Waals surface area (Å²) in [5.41, 5.74) is 5.00. The number of rotatable bonds is 4. The number of urea groups is 1. The van der Waals surface area contributed by atoms with Gasteiger partial charge in [-0.1, -0.05) is 12.1 Å². The maximum Gasteiger partial charge on any atom is 0.322 e. The van der Waals surface area contributed by atoms with Crippen molar-refractivity contribution in [3.05, 3.63) is 99.9 Å². The van der Waals surface area contributed by atoms with Crippen molar-refractivity contribution in [2.75, 3.05) is 11.9 Å². The van der Waals surface area contributed by atoms with Crippen LogP contribution < -0.4 is 10.1 Å². The highest BCUT2D eigenvalue weighted by Crippen LogP contribution is 2.44. The number of ether oxygens (including phenoxy) is 1. The van der Waals surface area contributed by atoms with Crippen LogP contribution in [0.1, 0.15) is 53.1 Å². The minimum Gasteiger partial charge on any atom is -0.494 e. The molecule has 1 aliphatic carbocycles. The molecule has 4 aromatic rings. The fourth-order valence-corrected chi connectivity index (χ4v) is 6.81. The van der Waals surface area contributed by atoms with Gasteiger partial charge in [0.05, 0.1) is 24.9 Å². The van der Waals surface area contributed by atoms with Crippen LogP contribution in [0.3, 0.4) is 0 Å². The van der Waals surface area contributed by atoms with E-state index in [2.05, 4.69) is 16.1 Å². The number of halogens is 1. The van der Waals surface area contributed by atoms with Crippen LogP contribution in [0.2, 0.25) is 0 Å². The monoisotopic (exact) mass is 501 g/mol. The van der Waals surface area contributed by atoms with E-state index in [9.17, 15) is 9.18 Å². The standard InChI is InChI=1S/C29H28FN3O2S/c1-2-35-22-14-12-21(13-15-22)31-29(34)33-18-24-23-9-3-4-11-26(23)36-28(24)32-16-6-10-25(32)27(33)19-7-5-8-20(30)17-19/h5-8,10,12-17,27H,2-4,9,11,18H2,1H3,(H,31,34)/t27-/m0/s1. The van der Waals surface area contributed by atoms with Gasteiger partial charge in [-0.2, -0.15) is 0 Å². The summed E-state index contributed by atoms with van der Waals surface area (Å²) in [7, 11) is 0. The second-order valence-electron chi connectivity index (χ2n) is 9.27. The average molecular weight is 502 g/mol. The molecular formula is C29H28FN3O2S. The molecule has 1 atom stereocenters. The van der Waals surface area contributed by atoms with Crippen molar-refractivity contribution in [3.8, 4) is 10.8 Å². The molecule has 0 spiro atoms. The zero-order valence-electron chi connectivity index (χ0n) is 20.2. The lowest BCUT2D eigenvalue weighted by molar-refractivity contribution is 0.194. The molecule has 0 saturated heterocycles. The Balaban J connectivity index is 1.44. The van der Waals surface area contributed by atoms with Gasteiger partial charge in [-0.15, -0.1) is 11.3 Å². The quantitative estimate of drug-likeness (QED) is 0.324. The average Bonchev–Trinajstić information content (AvgIpc) is 3.47. The number of nitrogens with zero attached hydrogens (tertiary/aromatic N) is 2. The lowest BCUT2D eigenvalue weighted by Gasteiger charge is -2.31. The largest absolute Gasteiger partial charge is 0.494 e. The van der Waals surface area contributed by atoms with Crippen LogP contribution in [0.4, 0.5) is 14.9 Å². The molecule has 0 bridgehead atoms. The van der Waals surface area contributed by atoms with E-state index in [0.717, 1.165) is 29.8 Å². The molecule has 5 nitrogen and oxygen atoms in total. The van der Waals surface area contributed by atoms with E-state index in [4.69, 9.17) is 4.74 Å². The summed E-state index contributed by atoms with van der Waals surface area (Å²) in [6.45, 7) is 2.99. The number of hydrogen-bond acceptors (Lipinski definition) is 3. The molecule has 3 heterocycles. The van der Waals surface area contributed by atoms with Crippen molar-refractivity contribution < 1.29 is 13.9 Å². The Bertz CT molecular complexity index is 1410. The van der Waals surface area contributed by atoms with E-state index in [1.807, 2.05) is 65.6 Å². The zero-order valence-corrected chi connectivity index (χ0v) is 21.0. The minimum absolute atomic E-state index is 0.218. The predicted molar refractivity (Wildman–Crippen MR) is 141 cm³/mol. The Kier molecular flexibility index (Phi) is 6.01. The molecule has 36 heavy (non-hydrogen) atoms. The van der Waals surface area contributed by atoms with Gasteiger partial charge < -0.3 is 19.5 Å². The highest BCUT2D eigenvalue weighted by atomic mass is 32.1. The number of hydrogen-bond donors (Lipinski definition) is 1. The number of carbonyl (C=O) groups is 1. The van der Waals surface area contributed by atoms with Crippen LogP contribution in [-0.2, 0) is 19.4 Å². The third-order valence-electron chi connectivity index (χ3n) is 7.02. The van der Waals surface area contributed by atoms with Gasteiger partial charge in [0, 0.05) is 22.3 Å². The third-order valence-corrected chi connectivity index (χ3v) is 8.35. The van der Waals surface area contributed by atoms with Gasteiger partial charge in [-0.25, -0.2) is 9.18 Å². The Morgan fingerprint density at radius 3 is 2.72 bits per heavy atom. The van der Waals surface area contributed by atoms with Crippen LogP contribution in [-0.4, -0.2) is 22.1 Å². The summed E-state index contributed by atoms with van der Waals surface area (Å²) in [5.74, 6) is 0.448. The van der Waals surface area contributed by atoms with Gasteiger partial charge in [0.2, 0.25) is 0 Å². The second-order valence-corrected chi connectivity index (χ2v) is 10.4. The summed E-state index contributed by atoms with van der Waals surface area (Å²) >= 11 is 1.84. The van der Waals surface area contributed by atoms with E-state index in [0.29, 0.717) is 18.8 Å². The minimum atomic E-state index is -0.433. The first-order valence-corrected chi connectivity index (χ1v) is 13.3. The van der Waals surface area contributed by atoms with E-state index in [-0.39, 0.29) is 11.8 Å². The van der Waals surface area contributed by atoms with Crippen molar-refractivity contribution in [1.29, 1.82) is 0 Å². The van der Waals surface area contributed by atoms with Crippen molar-refractivity contribution in [2.24, 2.45) is 0 Å². The smallest absolute Gasteiger partial charge is 0.322 e. The van der Waals surface area contributed by atoms with Crippen molar-refractivity contribution >= 4 is 23.1 Å². The van der Waals surface area contributed by atoms with E-state index in [1.165, 1.54) is 46.0 Å². The van der Waals surface area contributed by atoms with Gasteiger partial charge in [-0.3, -0.25) is 0 Å². The van der Waals surface area contributed by atoms with Crippen LogP contribution in [0.25, 0.3) is 5.00 Å². The molecule has 7 heteroatoms. The van der Waals surface area contributed by atoms with Gasteiger partial charge in [0.25, 0.3) is 0 Å². The number of aromatic nitrogens is 1. The predicted octanol–water partition coefficient (Wildman–Crippen LogP) is 7.09. The van der Waals surface area contributed by atoms with Crippen molar-refractivity contribution in [1.82, 2.24) is 9.47 Å². The number of nitrogens with one attached hydrogen (secondary N) is 1. The fourth-order valence-electron chi connectivity index (χ4n) is 5.41. The van der Waals surface area contributed by atoms with Crippen LogP contribution in [0, 0.1) is 5.82 Å². The zero-order chi connectivity index (χ0) is 24.6. The first kappa shape index (κ1) is 22.9. The van der Waals surface area contributed by atoms with Gasteiger partial charge in [-0.05, 0) is 92.3 Å². The summed E-state index contributed by atoms with van der Waals surface area (Å²) < 4.78 is 22.1. The molecule has 2 aromatic carbocycles. The number of amides is 2. The Morgan fingerprint density at radius 1 is 1.08 bits per heavy atom.